The molecule has 1 aromatic carbocycles. The van der Waals surface area contributed by atoms with Crippen LogP contribution in [0, 0.1) is 11.8 Å². The van der Waals surface area contributed by atoms with Crippen molar-refractivity contribution in [1.82, 2.24) is 30.5 Å². The Bertz CT molecular complexity index is 1320. The molecule has 2 aliphatic rings. The first-order valence-corrected chi connectivity index (χ1v) is 9.39. The van der Waals surface area contributed by atoms with Crippen molar-refractivity contribution in [3.63, 3.8) is 0 Å². The van der Waals surface area contributed by atoms with Crippen molar-refractivity contribution < 1.29 is 19.1 Å². The molecule has 0 spiro atoms. The maximum Gasteiger partial charge on any atom is 0.323 e. The van der Waals surface area contributed by atoms with Crippen molar-refractivity contribution in [2.75, 3.05) is 13.7 Å². The summed E-state index contributed by atoms with van der Waals surface area (Å²) in [6, 6.07) is 6.33. The van der Waals surface area contributed by atoms with E-state index >= 15 is 0 Å². The minimum Gasteiger partial charge on any atom is -0.497 e. The summed E-state index contributed by atoms with van der Waals surface area (Å²) in [5.74, 6) is 5.45. The number of urea groups is 1. The van der Waals surface area contributed by atoms with Gasteiger partial charge in [-0.3, -0.25) is 14.9 Å². The molecule has 1 atom stereocenters. The standard InChI is InChI=1S/C21H16N6O4/c1-31-14-3-2-13-9-27(18(28)15(13)7-14)10-21(19(29)25-20(30)26-21)5-4-12-6-16-17(22-8-12)24-11-23-16/h2-3,6-8,11H,9-10H2,1H3,(H,22,23,24)(H2,25,26,29,30)/t21-/m1/s1. The van der Waals surface area contributed by atoms with E-state index in [1.807, 2.05) is 6.07 Å². The second-order valence-corrected chi connectivity index (χ2v) is 7.25. The Morgan fingerprint density at radius 2 is 2.10 bits per heavy atom. The molecule has 10 heteroatoms. The van der Waals surface area contributed by atoms with E-state index in [0.717, 1.165) is 5.56 Å². The fourth-order valence-corrected chi connectivity index (χ4v) is 3.69. The molecule has 2 aliphatic heterocycles. The van der Waals surface area contributed by atoms with Gasteiger partial charge in [-0.05, 0) is 23.8 Å². The Morgan fingerprint density at radius 1 is 1.23 bits per heavy atom. The number of nitrogens with one attached hydrogen (secondary N) is 3. The lowest BCUT2D eigenvalue weighted by atomic mass is 9.99. The van der Waals surface area contributed by atoms with Crippen molar-refractivity contribution in [3.05, 3.63) is 53.5 Å². The summed E-state index contributed by atoms with van der Waals surface area (Å²) in [5, 5.41) is 4.80. The van der Waals surface area contributed by atoms with Gasteiger partial charge < -0.3 is 19.9 Å². The van der Waals surface area contributed by atoms with E-state index in [9.17, 15) is 14.4 Å². The highest BCUT2D eigenvalue weighted by molar-refractivity contribution is 6.10. The molecular weight excluding hydrogens is 400 g/mol. The quantitative estimate of drug-likeness (QED) is 0.422. The molecule has 0 aliphatic carbocycles. The molecule has 4 heterocycles. The number of benzene rings is 1. The molecule has 0 bridgehead atoms. The molecule has 1 fully saturated rings. The number of rotatable bonds is 3. The minimum atomic E-state index is -1.58. The Labute approximate surface area is 176 Å². The van der Waals surface area contributed by atoms with Crippen molar-refractivity contribution in [3.8, 4) is 17.6 Å². The van der Waals surface area contributed by atoms with Crippen molar-refractivity contribution >= 4 is 29.0 Å². The summed E-state index contributed by atoms with van der Waals surface area (Å²) in [7, 11) is 1.53. The first-order chi connectivity index (χ1) is 15.0. The number of methoxy groups -OCH3 is 1. The fraction of sp³-hybridized carbons (Fsp3) is 0.190. The summed E-state index contributed by atoms with van der Waals surface area (Å²) in [6.07, 6.45) is 3.05. The topological polar surface area (TPSA) is 129 Å². The lowest BCUT2D eigenvalue weighted by Crippen LogP contribution is -2.54. The smallest absolute Gasteiger partial charge is 0.323 e. The first kappa shape index (κ1) is 18.6. The van der Waals surface area contributed by atoms with Gasteiger partial charge in [0.25, 0.3) is 11.8 Å². The van der Waals surface area contributed by atoms with Crippen LogP contribution in [0.15, 0.2) is 36.8 Å². The van der Waals surface area contributed by atoms with Gasteiger partial charge >= 0.3 is 6.03 Å². The number of imidazole rings is 1. The monoisotopic (exact) mass is 416 g/mol. The fourth-order valence-electron chi connectivity index (χ4n) is 3.69. The minimum absolute atomic E-state index is 0.104. The van der Waals surface area contributed by atoms with Crippen LogP contribution in [-0.2, 0) is 11.3 Å². The van der Waals surface area contributed by atoms with Gasteiger partial charge in [0.1, 0.15) is 5.75 Å². The van der Waals surface area contributed by atoms with Crippen molar-refractivity contribution in [2.24, 2.45) is 0 Å². The number of aromatic nitrogens is 3. The Morgan fingerprint density at radius 3 is 2.87 bits per heavy atom. The van der Waals surface area contributed by atoms with E-state index in [-0.39, 0.29) is 12.5 Å². The predicted octanol–water partition coefficient (Wildman–Crippen LogP) is 0.552. The average Bonchev–Trinajstić information content (AvgIpc) is 3.43. The van der Waals surface area contributed by atoms with Gasteiger partial charge in [-0.15, -0.1) is 0 Å². The van der Waals surface area contributed by atoms with Crippen LogP contribution in [0.2, 0.25) is 0 Å². The highest BCUT2D eigenvalue weighted by Gasteiger charge is 2.48. The number of hydrogen-bond donors (Lipinski definition) is 3. The summed E-state index contributed by atoms with van der Waals surface area (Å²) in [6.45, 7) is 0.194. The number of carbonyl (C=O) groups is 3. The first-order valence-electron chi connectivity index (χ1n) is 9.39. The zero-order chi connectivity index (χ0) is 21.6. The number of ether oxygens (including phenoxy) is 1. The molecular formula is C21H16N6O4. The maximum atomic E-state index is 12.9. The van der Waals surface area contributed by atoms with Crippen LogP contribution in [0.5, 0.6) is 5.75 Å². The van der Waals surface area contributed by atoms with Gasteiger partial charge in [0, 0.05) is 23.9 Å². The van der Waals surface area contributed by atoms with E-state index in [4.69, 9.17) is 4.74 Å². The van der Waals surface area contributed by atoms with E-state index < -0.39 is 17.5 Å². The zero-order valence-corrected chi connectivity index (χ0v) is 16.4. The number of amides is 4. The SMILES string of the molecule is COc1ccc2c(c1)C(=O)N(C[C@@]1(C#Cc3cnc4nc[nH]c4c3)NC(=O)NC1=O)C2. The summed E-state index contributed by atoms with van der Waals surface area (Å²) in [5.41, 5.74) is 1.50. The number of hydrogen-bond acceptors (Lipinski definition) is 6. The second kappa shape index (κ2) is 6.84. The summed E-state index contributed by atoms with van der Waals surface area (Å²) < 4.78 is 5.19. The molecule has 3 aromatic rings. The van der Waals surface area contributed by atoms with E-state index in [1.54, 1.807) is 18.2 Å². The Kier molecular flexibility index (Phi) is 4.11. The summed E-state index contributed by atoms with van der Waals surface area (Å²) >= 11 is 0. The zero-order valence-electron chi connectivity index (χ0n) is 16.4. The molecule has 0 unspecified atom stereocenters. The highest BCUT2D eigenvalue weighted by Crippen LogP contribution is 2.28. The Hall–Kier alpha value is -4.39. The van der Waals surface area contributed by atoms with E-state index in [2.05, 4.69) is 37.4 Å². The number of fused-ring (bicyclic) bond motifs is 2. The van der Waals surface area contributed by atoms with Crippen LogP contribution in [-0.4, -0.2) is 56.9 Å². The molecule has 31 heavy (non-hydrogen) atoms. The Balaban J connectivity index is 1.47. The molecule has 2 aromatic heterocycles. The van der Waals surface area contributed by atoms with Crippen LogP contribution >= 0.6 is 0 Å². The van der Waals surface area contributed by atoms with Gasteiger partial charge in [0.15, 0.2) is 5.65 Å². The predicted molar refractivity (Wildman–Crippen MR) is 108 cm³/mol. The number of carbonyl (C=O) groups excluding carboxylic acids is 3. The third-order valence-corrected chi connectivity index (χ3v) is 5.26. The average molecular weight is 416 g/mol. The van der Waals surface area contributed by atoms with E-state index in [0.29, 0.717) is 34.6 Å². The molecule has 1 saturated heterocycles. The number of aromatic amines is 1. The van der Waals surface area contributed by atoms with Crippen molar-refractivity contribution in [1.29, 1.82) is 0 Å². The molecule has 3 N–H and O–H groups in total. The van der Waals surface area contributed by atoms with Crippen LogP contribution in [0.3, 0.4) is 0 Å². The number of imide groups is 1. The van der Waals surface area contributed by atoms with Gasteiger partial charge in [0.05, 0.1) is 25.5 Å². The second-order valence-electron chi connectivity index (χ2n) is 7.25. The van der Waals surface area contributed by atoms with Gasteiger partial charge in [-0.2, -0.15) is 0 Å². The van der Waals surface area contributed by atoms with Crippen LogP contribution in [0.1, 0.15) is 21.5 Å². The van der Waals surface area contributed by atoms with Gasteiger partial charge in [0.2, 0.25) is 5.54 Å². The van der Waals surface area contributed by atoms with Crippen LogP contribution in [0.4, 0.5) is 4.79 Å². The number of H-pyrrole nitrogens is 1. The molecule has 0 saturated carbocycles. The lowest BCUT2D eigenvalue weighted by Gasteiger charge is -2.26. The van der Waals surface area contributed by atoms with E-state index in [1.165, 1.54) is 24.5 Å². The van der Waals surface area contributed by atoms with Gasteiger partial charge in [-0.1, -0.05) is 17.9 Å². The molecule has 154 valence electrons. The number of pyridine rings is 1. The number of nitrogens with zero attached hydrogens (tertiary/aromatic N) is 3. The van der Waals surface area contributed by atoms with Crippen LogP contribution in [0.25, 0.3) is 11.2 Å². The third-order valence-electron chi connectivity index (χ3n) is 5.26. The largest absolute Gasteiger partial charge is 0.497 e. The normalized spacial score (nSPS) is 19.6. The molecule has 0 radical (unpaired) electrons. The van der Waals surface area contributed by atoms with Crippen molar-refractivity contribution in [2.45, 2.75) is 12.1 Å². The summed E-state index contributed by atoms with van der Waals surface area (Å²) in [4.78, 5) is 50.2. The molecule has 4 amide bonds. The maximum absolute atomic E-state index is 12.9. The highest BCUT2D eigenvalue weighted by atomic mass is 16.5. The molecule has 10 nitrogen and oxygen atoms in total. The van der Waals surface area contributed by atoms with Crippen LogP contribution < -0.4 is 15.4 Å². The third kappa shape index (κ3) is 3.12. The molecule has 5 rings (SSSR count). The van der Waals surface area contributed by atoms with Gasteiger partial charge in [-0.25, -0.2) is 14.8 Å². The lowest BCUT2D eigenvalue weighted by molar-refractivity contribution is -0.122.